The molecular weight excluding hydrogens is 343 g/mol. The lowest BCUT2D eigenvalue weighted by atomic mass is 10.2. The van der Waals surface area contributed by atoms with Crippen LogP contribution in [0.4, 0.5) is 15.8 Å². The predicted molar refractivity (Wildman–Crippen MR) is 87.2 cm³/mol. The summed E-state index contributed by atoms with van der Waals surface area (Å²) >= 11 is 9.25. The summed E-state index contributed by atoms with van der Waals surface area (Å²) in [5, 5.41) is 3.49. The van der Waals surface area contributed by atoms with Crippen molar-refractivity contribution in [2.24, 2.45) is 0 Å². The minimum absolute atomic E-state index is 0.145. The molecule has 0 aliphatic rings. The highest BCUT2D eigenvalue weighted by Gasteiger charge is 2.06. The third-order valence-corrected chi connectivity index (χ3v) is 3.69. The van der Waals surface area contributed by atoms with Crippen LogP contribution in [0.2, 0.25) is 5.02 Å². The minimum Gasteiger partial charge on any atom is -0.379 e. The van der Waals surface area contributed by atoms with Gasteiger partial charge in [0.05, 0.1) is 16.4 Å². The smallest absolute Gasteiger partial charge is 0.141 e. The summed E-state index contributed by atoms with van der Waals surface area (Å²) < 4.78 is 14.1. The second-order valence-electron chi connectivity index (χ2n) is 4.66. The number of halogens is 3. The van der Waals surface area contributed by atoms with Crippen LogP contribution in [0.25, 0.3) is 0 Å². The average Bonchev–Trinajstić information content (AvgIpc) is 2.40. The van der Waals surface area contributed by atoms with Crippen molar-refractivity contribution in [1.82, 2.24) is 0 Å². The summed E-state index contributed by atoms with van der Waals surface area (Å²) in [6, 6.07) is 10.8. The Morgan fingerprint density at radius 1 is 1.20 bits per heavy atom. The Balaban J connectivity index is 2.17. The highest BCUT2D eigenvalue weighted by molar-refractivity contribution is 9.10. The molecule has 5 heteroatoms. The Bertz CT molecular complexity index is 617. The van der Waals surface area contributed by atoms with Crippen molar-refractivity contribution in [2.75, 3.05) is 24.3 Å². The fourth-order valence-corrected chi connectivity index (χ4v) is 2.45. The topological polar surface area (TPSA) is 15.3 Å². The van der Waals surface area contributed by atoms with Crippen molar-refractivity contribution in [3.05, 3.63) is 57.3 Å². The van der Waals surface area contributed by atoms with Crippen LogP contribution in [0.5, 0.6) is 0 Å². The van der Waals surface area contributed by atoms with Gasteiger partial charge < -0.3 is 10.2 Å². The van der Waals surface area contributed by atoms with Crippen molar-refractivity contribution in [1.29, 1.82) is 0 Å². The van der Waals surface area contributed by atoms with Crippen LogP contribution in [0, 0.1) is 5.82 Å². The zero-order chi connectivity index (χ0) is 14.7. The van der Waals surface area contributed by atoms with Crippen molar-refractivity contribution in [3.8, 4) is 0 Å². The average molecular weight is 358 g/mol. The Labute approximate surface area is 131 Å². The first-order valence-corrected chi connectivity index (χ1v) is 7.29. The first-order chi connectivity index (χ1) is 9.47. The summed E-state index contributed by atoms with van der Waals surface area (Å²) in [7, 11) is 3.98. The maximum absolute atomic E-state index is 13.1. The largest absolute Gasteiger partial charge is 0.379 e. The summed E-state index contributed by atoms with van der Waals surface area (Å²) in [5.41, 5.74) is 3.02. The Kier molecular flexibility index (Phi) is 4.89. The predicted octanol–water partition coefficient (Wildman–Crippen LogP) is 4.92. The maximum atomic E-state index is 13.1. The summed E-state index contributed by atoms with van der Waals surface area (Å²) in [6.45, 7) is 0.581. The van der Waals surface area contributed by atoms with E-state index in [0.29, 0.717) is 6.54 Å². The van der Waals surface area contributed by atoms with E-state index in [1.807, 2.05) is 37.2 Å². The van der Waals surface area contributed by atoms with Crippen molar-refractivity contribution in [3.63, 3.8) is 0 Å². The Hall–Kier alpha value is -1.26. The summed E-state index contributed by atoms with van der Waals surface area (Å²) in [6.07, 6.45) is 0. The molecule has 0 amide bonds. The summed E-state index contributed by atoms with van der Waals surface area (Å²) in [4.78, 5) is 2.03. The molecule has 0 radical (unpaired) electrons. The quantitative estimate of drug-likeness (QED) is 0.835. The van der Waals surface area contributed by atoms with Crippen LogP contribution in [-0.2, 0) is 6.54 Å². The number of hydrogen-bond acceptors (Lipinski definition) is 2. The maximum Gasteiger partial charge on any atom is 0.141 e. The van der Waals surface area contributed by atoms with Crippen LogP contribution in [0.15, 0.2) is 40.9 Å². The highest BCUT2D eigenvalue weighted by atomic mass is 79.9. The van der Waals surface area contributed by atoms with Crippen LogP contribution >= 0.6 is 27.5 Å². The molecular formula is C15H15BrClFN2. The fraction of sp³-hybridized carbons (Fsp3) is 0.200. The van der Waals surface area contributed by atoms with E-state index in [9.17, 15) is 4.39 Å². The molecule has 2 nitrogen and oxygen atoms in total. The van der Waals surface area contributed by atoms with Gasteiger partial charge >= 0.3 is 0 Å². The van der Waals surface area contributed by atoms with E-state index in [1.54, 1.807) is 12.1 Å². The van der Waals surface area contributed by atoms with E-state index >= 15 is 0 Å². The molecule has 2 aromatic carbocycles. The monoisotopic (exact) mass is 356 g/mol. The van der Waals surface area contributed by atoms with Gasteiger partial charge in [0.1, 0.15) is 5.82 Å². The van der Waals surface area contributed by atoms with Gasteiger partial charge in [-0.05, 0) is 35.9 Å². The van der Waals surface area contributed by atoms with Crippen molar-refractivity contribution >= 4 is 38.9 Å². The molecule has 0 aliphatic carbocycles. The zero-order valence-electron chi connectivity index (χ0n) is 11.3. The van der Waals surface area contributed by atoms with Gasteiger partial charge in [-0.25, -0.2) is 4.39 Å². The SMILES string of the molecule is CN(C)c1ccc(Br)cc1NCc1ccc(F)c(Cl)c1. The van der Waals surface area contributed by atoms with E-state index in [2.05, 4.69) is 21.2 Å². The standard InChI is InChI=1S/C15H15BrClFN2/c1-20(2)15-6-4-11(16)8-14(15)19-9-10-3-5-13(18)12(17)7-10/h3-8,19H,9H2,1-2H3. The third kappa shape index (κ3) is 3.64. The molecule has 2 aromatic rings. The number of nitrogens with zero attached hydrogens (tertiary/aromatic N) is 1. The van der Waals surface area contributed by atoms with E-state index in [0.717, 1.165) is 21.4 Å². The molecule has 0 spiro atoms. The van der Waals surface area contributed by atoms with Crippen LogP contribution < -0.4 is 10.2 Å². The van der Waals surface area contributed by atoms with Gasteiger partial charge in [0.2, 0.25) is 0 Å². The first kappa shape index (κ1) is 15.1. The number of hydrogen-bond donors (Lipinski definition) is 1. The molecule has 0 unspecified atom stereocenters. The van der Waals surface area contributed by atoms with Crippen LogP contribution in [0.3, 0.4) is 0 Å². The van der Waals surface area contributed by atoms with E-state index < -0.39 is 5.82 Å². The molecule has 20 heavy (non-hydrogen) atoms. The Morgan fingerprint density at radius 2 is 1.95 bits per heavy atom. The minimum atomic E-state index is -0.396. The number of anilines is 2. The first-order valence-electron chi connectivity index (χ1n) is 6.12. The zero-order valence-corrected chi connectivity index (χ0v) is 13.6. The second-order valence-corrected chi connectivity index (χ2v) is 5.98. The molecule has 0 fully saturated rings. The van der Waals surface area contributed by atoms with Crippen LogP contribution in [-0.4, -0.2) is 14.1 Å². The lowest BCUT2D eigenvalue weighted by molar-refractivity contribution is 0.627. The molecule has 0 aromatic heterocycles. The molecule has 0 bridgehead atoms. The lowest BCUT2D eigenvalue weighted by Gasteiger charge is -2.19. The highest BCUT2D eigenvalue weighted by Crippen LogP contribution is 2.28. The molecule has 0 saturated carbocycles. The van der Waals surface area contributed by atoms with E-state index in [-0.39, 0.29) is 5.02 Å². The number of benzene rings is 2. The molecule has 0 heterocycles. The van der Waals surface area contributed by atoms with Gasteiger partial charge in [-0.1, -0.05) is 33.6 Å². The summed E-state index contributed by atoms with van der Waals surface area (Å²) in [5.74, 6) is -0.396. The lowest BCUT2D eigenvalue weighted by Crippen LogP contribution is -2.12. The Morgan fingerprint density at radius 3 is 2.60 bits per heavy atom. The normalized spacial score (nSPS) is 10.4. The van der Waals surface area contributed by atoms with Gasteiger partial charge in [0, 0.05) is 25.1 Å². The molecule has 1 N–H and O–H groups in total. The number of nitrogens with one attached hydrogen (secondary N) is 1. The van der Waals surface area contributed by atoms with E-state index in [1.165, 1.54) is 6.07 Å². The van der Waals surface area contributed by atoms with Crippen molar-refractivity contribution < 1.29 is 4.39 Å². The molecule has 106 valence electrons. The molecule has 0 saturated heterocycles. The van der Waals surface area contributed by atoms with Gasteiger partial charge in [-0.2, -0.15) is 0 Å². The van der Waals surface area contributed by atoms with Crippen LogP contribution in [0.1, 0.15) is 5.56 Å². The second kappa shape index (κ2) is 6.46. The number of rotatable bonds is 4. The van der Waals surface area contributed by atoms with Crippen molar-refractivity contribution in [2.45, 2.75) is 6.54 Å². The molecule has 0 aliphatic heterocycles. The van der Waals surface area contributed by atoms with Gasteiger partial charge in [-0.15, -0.1) is 0 Å². The molecule has 2 rings (SSSR count). The van der Waals surface area contributed by atoms with Gasteiger partial charge in [0.15, 0.2) is 0 Å². The third-order valence-electron chi connectivity index (χ3n) is 2.91. The van der Waals surface area contributed by atoms with Gasteiger partial charge in [0.25, 0.3) is 0 Å². The van der Waals surface area contributed by atoms with E-state index in [4.69, 9.17) is 11.6 Å². The van der Waals surface area contributed by atoms with Gasteiger partial charge in [-0.3, -0.25) is 0 Å². The fourth-order valence-electron chi connectivity index (χ4n) is 1.89. The molecule has 0 atom stereocenters.